The molecule has 21 heavy (non-hydrogen) atoms. The fourth-order valence-corrected chi connectivity index (χ4v) is 3.62. The van der Waals surface area contributed by atoms with E-state index in [4.69, 9.17) is 0 Å². The zero-order chi connectivity index (χ0) is 15.2. The number of hydrogen-bond donors (Lipinski definition) is 0. The van der Waals surface area contributed by atoms with E-state index in [0.717, 1.165) is 37.4 Å². The van der Waals surface area contributed by atoms with Crippen LogP contribution in [0.15, 0.2) is 24.4 Å². The van der Waals surface area contributed by atoms with Crippen LogP contribution >= 0.6 is 0 Å². The van der Waals surface area contributed by atoms with Crippen LogP contribution < -0.4 is 0 Å². The summed E-state index contributed by atoms with van der Waals surface area (Å²) in [5.74, 6) is 2.00. The van der Waals surface area contributed by atoms with Gasteiger partial charge in [-0.2, -0.15) is 0 Å². The van der Waals surface area contributed by atoms with Gasteiger partial charge in [0.1, 0.15) is 0 Å². The van der Waals surface area contributed by atoms with Crippen LogP contribution in [0.3, 0.4) is 0 Å². The zero-order valence-corrected chi connectivity index (χ0v) is 13.5. The number of rotatable bonds is 6. The van der Waals surface area contributed by atoms with E-state index in [0.29, 0.717) is 17.9 Å². The molecule has 0 aromatic carbocycles. The molecular weight excluding hydrogens is 260 g/mol. The molecule has 0 saturated heterocycles. The lowest BCUT2D eigenvalue weighted by Crippen LogP contribution is -2.46. The monoisotopic (exact) mass is 288 g/mol. The van der Waals surface area contributed by atoms with Crippen LogP contribution in [0.4, 0.5) is 0 Å². The van der Waals surface area contributed by atoms with Gasteiger partial charge in [-0.1, -0.05) is 33.3 Å². The molecular formula is C18H28N2O. The summed E-state index contributed by atoms with van der Waals surface area (Å²) in [6.45, 7) is 7.66. The first kappa shape index (κ1) is 16.0. The lowest BCUT2D eigenvalue weighted by molar-refractivity contribution is -0.123. The Morgan fingerprint density at radius 2 is 2.19 bits per heavy atom. The second-order valence-electron chi connectivity index (χ2n) is 6.81. The molecule has 3 atom stereocenters. The van der Waals surface area contributed by atoms with Gasteiger partial charge in [-0.3, -0.25) is 9.78 Å². The number of pyridine rings is 1. The van der Waals surface area contributed by atoms with Crippen molar-refractivity contribution in [1.82, 2.24) is 9.88 Å². The van der Waals surface area contributed by atoms with Crippen molar-refractivity contribution in [2.24, 2.45) is 17.8 Å². The molecule has 1 aliphatic carbocycles. The van der Waals surface area contributed by atoms with Gasteiger partial charge in [-0.25, -0.2) is 0 Å². The first-order chi connectivity index (χ1) is 10.1. The van der Waals surface area contributed by atoms with Crippen LogP contribution in [-0.4, -0.2) is 28.9 Å². The average Bonchev–Trinajstić information content (AvgIpc) is 2.49. The summed E-state index contributed by atoms with van der Waals surface area (Å²) in [5, 5.41) is 0. The van der Waals surface area contributed by atoms with E-state index in [9.17, 15) is 4.79 Å². The Kier molecular flexibility index (Phi) is 5.77. The third-order valence-corrected chi connectivity index (χ3v) is 4.90. The average molecular weight is 288 g/mol. The van der Waals surface area contributed by atoms with Crippen molar-refractivity contribution in [2.45, 2.75) is 52.5 Å². The highest BCUT2D eigenvalue weighted by Crippen LogP contribution is 2.36. The van der Waals surface area contributed by atoms with Gasteiger partial charge in [0.2, 0.25) is 6.41 Å². The second kappa shape index (κ2) is 7.58. The van der Waals surface area contributed by atoms with E-state index in [2.05, 4.69) is 25.8 Å². The minimum atomic E-state index is 0.398. The quantitative estimate of drug-likeness (QED) is 0.750. The fourth-order valence-electron chi connectivity index (χ4n) is 3.62. The van der Waals surface area contributed by atoms with Gasteiger partial charge in [-0.05, 0) is 42.7 Å². The van der Waals surface area contributed by atoms with Crippen LogP contribution in [-0.2, 0) is 11.2 Å². The molecule has 0 N–H and O–H groups in total. The van der Waals surface area contributed by atoms with Gasteiger partial charge < -0.3 is 4.90 Å². The van der Waals surface area contributed by atoms with Crippen LogP contribution in [0.25, 0.3) is 0 Å². The predicted octanol–water partition coefficient (Wildman–Crippen LogP) is 3.54. The highest BCUT2D eigenvalue weighted by molar-refractivity contribution is 5.48. The Labute approximate surface area is 128 Å². The molecule has 0 bridgehead atoms. The van der Waals surface area contributed by atoms with Crippen molar-refractivity contribution in [3.63, 3.8) is 0 Å². The van der Waals surface area contributed by atoms with Crippen LogP contribution in [0, 0.1) is 17.8 Å². The number of amides is 1. The third-order valence-electron chi connectivity index (χ3n) is 4.90. The lowest BCUT2D eigenvalue weighted by atomic mass is 9.73. The van der Waals surface area contributed by atoms with Gasteiger partial charge in [0.15, 0.2) is 0 Å². The molecule has 1 heterocycles. The summed E-state index contributed by atoms with van der Waals surface area (Å²) in [7, 11) is 0. The maximum absolute atomic E-state index is 11.6. The Balaban J connectivity index is 2.01. The molecule has 0 aliphatic heterocycles. The molecule has 1 saturated carbocycles. The van der Waals surface area contributed by atoms with Crippen molar-refractivity contribution in [3.8, 4) is 0 Å². The van der Waals surface area contributed by atoms with Crippen molar-refractivity contribution in [3.05, 3.63) is 30.1 Å². The Morgan fingerprint density at radius 1 is 1.38 bits per heavy atom. The standard InChI is InChI=1S/C18H28N2O/c1-14(2)17-8-7-15(3)12-18(17)20(13-21)11-9-16-6-4-5-10-19-16/h4-6,10,13-15,17-18H,7-9,11-12H2,1-3H3/t15-,17-,18-/m1/s1. The maximum atomic E-state index is 11.6. The topological polar surface area (TPSA) is 33.2 Å². The van der Waals surface area contributed by atoms with Crippen LogP contribution in [0.2, 0.25) is 0 Å². The van der Waals surface area contributed by atoms with E-state index < -0.39 is 0 Å². The summed E-state index contributed by atoms with van der Waals surface area (Å²) in [4.78, 5) is 18.0. The van der Waals surface area contributed by atoms with E-state index in [-0.39, 0.29) is 0 Å². The normalized spacial score (nSPS) is 25.8. The van der Waals surface area contributed by atoms with Crippen molar-refractivity contribution < 1.29 is 4.79 Å². The number of carbonyl (C=O) groups excluding carboxylic acids is 1. The number of nitrogens with zero attached hydrogens (tertiary/aromatic N) is 2. The van der Waals surface area contributed by atoms with Gasteiger partial charge in [0, 0.05) is 30.9 Å². The van der Waals surface area contributed by atoms with E-state index in [1.165, 1.54) is 12.8 Å². The largest absolute Gasteiger partial charge is 0.342 e. The molecule has 1 aromatic rings. The SMILES string of the molecule is CC(C)[C@H]1CC[C@@H](C)C[C@H]1N(C=O)CCc1ccccn1. The Hall–Kier alpha value is -1.38. The second-order valence-corrected chi connectivity index (χ2v) is 6.81. The lowest BCUT2D eigenvalue weighted by Gasteiger charge is -2.42. The van der Waals surface area contributed by atoms with Gasteiger partial charge in [0.05, 0.1) is 0 Å². The van der Waals surface area contributed by atoms with E-state index >= 15 is 0 Å². The Bertz CT molecular complexity index is 432. The molecule has 3 heteroatoms. The number of hydrogen-bond acceptors (Lipinski definition) is 2. The molecule has 0 radical (unpaired) electrons. The molecule has 1 aliphatic rings. The van der Waals surface area contributed by atoms with Crippen molar-refractivity contribution in [2.75, 3.05) is 6.54 Å². The molecule has 0 spiro atoms. The smallest absolute Gasteiger partial charge is 0.209 e. The minimum Gasteiger partial charge on any atom is -0.342 e. The molecule has 1 amide bonds. The highest BCUT2D eigenvalue weighted by atomic mass is 16.1. The summed E-state index contributed by atoms with van der Waals surface area (Å²) in [6, 6.07) is 6.37. The molecule has 116 valence electrons. The van der Waals surface area contributed by atoms with Crippen LogP contribution in [0.5, 0.6) is 0 Å². The summed E-state index contributed by atoms with van der Waals surface area (Å²) in [5.41, 5.74) is 1.06. The highest BCUT2D eigenvalue weighted by Gasteiger charge is 2.34. The van der Waals surface area contributed by atoms with Crippen LogP contribution in [0.1, 0.15) is 45.7 Å². The summed E-state index contributed by atoms with van der Waals surface area (Å²) >= 11 is 0. The Morgan fingerprint density at radius 3 is 2.81 bits per heavy atom. The summed E-state index contributed by atoms with van der Waals surface area (Å²) < 4.78 is 0. The summed E-state index contributed by atoms with van der Waals surface area (Å²) in [6.07, 6.45) is 7.41. The van der Waals surface area contributed by atoms with Gasteiger partial charge in [0.25, 0.3) is 0 Å². The zero-order valence-electron chi connectivity index (χ0n) is 13.5. The predicted molar refractivity (Wildman–Crippen MR) is 85.8 cm³/mol. The first-order valence-corrected chi connectivity index (χ1v) is 8.22. The van der Waals surface area contributed by atoms with Crippen molar-refractivity contribution in [1.29, 1.82) is 0 Å². The van der Waals surface area contributed by atoms with Crippen molar-refractivity contribution >= 4 is 6.41 Å². The maximum Gasteiger partial charge on any atom is 0.209 e. The van der Waals surface area contributed by atoms with Gasteiger partial charge >= 0.3 is 0 Å². The number of aromatic nitrogens is 1. The van der Waals surface area contributed by atoms with E-state index in [1.807, 2.05) is 29.3 Å². The third kappa shape index (κ3) is 4.29. The molecule has 1 fully saturated rings. The number of carbonyl (C=O) groups is 1. The minimum absolute atomic E-state index is 0.398. The van der Waals surface area contributed by atoms with Gasteiger partial charge in [-0.15, -0.1) is 0 Å². The fraction of sp³-hybridized carbons (Fsp3) is 0.667. The molecule has 0 unspecified atom stereocenters. The molecule has 3 nitrogen and oxygen atoms in total. The molecule has 1 aromatic heterocycles. The first-order valence-electron chi connectivity index (χ1n) is 8.22. The van der Waals surface area contributed by atoms with E-state index in [1.54, 1.807) is 0 Å². The molecule has 2 rings (SSSR count).